The number of rotatable bonds is 5. The van der Waals surface area contributed by atoms with Crippen LogP contribution in [0.5, 0.6) is 0 Å². The topological polar surface area (TPSA) is 37.8 Å². The third-order valence-electron chi connectivity index (χ3n) is 3.38. The second-order valence-electron chi connectivity index (χ2n) is 5.55. The molecule has 0 radical (unpaired) electrons. The Balaban J connectivity index is 2.46. The minimum absolute atomic E-state index is 0.577. The van der Waals surface area contributed by atoms with Gasteiger partial charge in [-0.25, -0.2) is 9.97 Å². The van der Waals surface area contributed by atoms with Gasteiger partial charge in [0.2, 0.25) is 0 Å². The fraction of sp³-hybridized carbons (Fsp3) is 0.412. The molecule has 0 aliphatic heterocycles. The molecule has 0 atom stereocenters. The summed E-state index contributed by atoms with van der Waals surface area (Å²) in [5.74, 6) is 2.29. The van der Waals surface area contributed by atoms with Crippen molar-refractivity contribution in [1.82, 2.24) is 9.97 Å². The van der Waals surface area contributed by atoms with E-state index in [2.05, 4.69) is 77.9 Å². The number of nitrogens with one attached hydrogen (secondary N) is 1. The van der Waals surface area contributed by atoms with Crippen LogP contribution in [-0.2, 0) is 12.8 Å². The van der Waals surface area contributed by atoms with Gasteiger partial charge in [0.15, 0.2) is 5.82 Å². The number of halogens is 1. The smallest absolute Gasteiger partial charge is 0.161 e. The zero-order valence-electron chi connectivity index (χ0n) is 13.1. The summed E-state index contributed by atoms with van der Waals surface area (Å²) in [6.07, 6.45) is 2.02. The molecule has 0 spiro atoms. The molecule has 0 fully saturated rings. The fourth-order valence-electron chi connectivity index (χ4n) is 2.20. The van der Waals surface area contributed by atoms with E-state index in [9.17, 15) is 0 Å². The van der Waals surface area contributed by atoms with Gasteiger partial charge in [-0.15, -0.1) is 0 Å². The molecular formula is C17H22IN3. The third kappa shape index (κ3) is 3.93. The number of aryl methyl sites for hydroxylation is 1. The maximum absolute atomic E-state index is 4.79. The quantitative estimate of drug-likeness (QED) is 0.755. The summed E-state index contributed by atoms with van der Waals surface area (Å²) in [6, 6.07) is 8.52. The Morgan fingerprint density at radius 3 is 2.33 bits per heavy atom. The minimum Gasteiger partial charge on any atom is -0.372 e. The van der Waals surface area contributed by atoms with Crippen LogP contribution in [-0.4, -0.2) is 17.0 Å². The highest BCUT2D eigenvalue weighted by Crippen LogP contribution is 2.25. The summed E-state index contributed by atoms with van der Waals surface area (Å²) < 4.78 is 1.12. The lowest BCUT2D eigenvalue weighted by atomic mass is 10.1. The Morgan fingerprint density at radius 1 is 1.14 bits per heavy atom. The predicted octanol–water partition coefficient (Wildman–Crippen LogP) is 4.55. The molecule has 0 aliphatic rings. The van der Waals surface area contributed by atoms with E-state index < -0.39 is 0 Å². The van der Waals surface area contributed by atoms with Crippen LogP contribution < -0.4 is 5.32 Å². The molecule has 0 aliphatic carbocycles. The molecule has 112 valence electrons. The Labute approximate surface area is 140 Å². The van der Waals surface area contributed by atoms with Crippen molar-refractivity contribution in [1.29, 1.82) is 0 Å². The Bertz CT molecular complexity index is 606. The molecule has 1 N–H and O–H groups in total. The average Bonchev–Trinajstić information content (AvgIpc) is 2.49. The molecule has 0 saturated heterocycles. The first-order valence-corrected chi connectivity index (χ1v) is 8.46. The molecule has 1 aromatic heterocycles. The van der Waals surface area contributed by atoms with Crippen molar-refractivity contribution in [2.45, 2.75) is 33.6 Å². The van der Waals surface area contributed by atoms with E-state index in [0.29, 0.717) is 5.92 Å². The van der Waals surface area contributed by atoms with E-state index in [1.807, 2.05) is 7.05 Å². The lowest BCUT2D eigenvalue weighted by molar-refractivity contribution is 0.632. The van der Waals surface area contributed by atoms with Gasteiger partial charge in [-0.1, -0.05) is 45.0 Å². The zero-order valence-corrected chi connectivity index (χ0v) is 15.2. The number of hydrogen-bond acceptors (Lipinski definition) is 3. The number of benzene rings is 1. The van der Waals surface area contributed by atoms with Gasteiger partial charge in [-0.2, -0.15) is 0 Å². The average molecular weight is 395 g/mol. The molecule has 21 heavy (non-hydrogen) atoms. The van der Waals surface area contributed by atoms with Gasteiger partial charge in [-0.05, 0) is 46.9 Å². The highest BCUT2D eigenvalue weighted by molar-refractivity contribution is 14.1. The monoisotopic (exact) mass is 395 g/mol. The van der Waals surface area contributed by atoms with Crippen LogP contribution in [0.25, 0.3) is 11.4 Å². The van der Waals surface area contributed by atoms with E-state index in [0.717, 1.165) is 39.3 Å². The van der Waals surface area contributed by atoms with Crippen molar-refractivity contribution >= 4 is 28.4 Å². The first-order valence-electron chi connectivity index (χ1n) is 7.38. The Kier molecular flexibility index (Phi) is 5.56. The first kappa shape index (κ1) is 16.2. The summed E-state index contributed by atoms with van der Waals surface area (Å²) in [7, 11) is 1.91. The Hall–Kier alpha value is -1.17. The summed E-state index contributed by atoms with van der Waals surface area (Å²) in [6.45, 7) is 6.59. The van der Waals surface area contributed by atoms with Crippen molar-refractivity contribution in [3.8, 4) is 11.4 Å². The lowest BCUT2D eigenvalue weighted by Gasteiger charge is -2.13. The first-order chi connectivity index (χ1) is 10.0. The second-order valence-corrected chi connectivity index (χ2v) is 6.63. The van der Waals surface area contributed by atoms with Crippen LogP contribution in [0.2, 0.25) is 0 Å². The summed E-state index contributed by atoms with van der Waals surface area (Å²) in [4.78, 5) is 9.44. The van der Waals surface area contributed by atoms with Crippen LogP contribution in [0, 0.1) is 9.49 Å². The highest BCUT2D eigenvalue weighted by atomic mass is 127. The van der Waals surface area contributed by atoms with Crippen molar-refractivity contribution in [2.75, 3.05) is 12.4 Å². The van der Waals surface area contributed by atoms with Gasteiger partial charge in [0.25, 0.3) is 0 Å². The maximum Gasteiger partial charge on any atom is 0.161 e. The van der Waals surface area contributed by atoms with Gasteiger partial charge in [-0.3, -0.25) is 0 Å². The normalized spacial score (nSPS) is 11.0. The molecule has 0 saturated carbocycles. The van der Waals surface area contributed by atoms with Crippen molar-refractivity contribution in [3.63, 3.8) is 0 Å². The van der Waals surface area contributed by atoms with Gasteiger partial charge in [0, 0.05) is 12.6 Å². The van der Waals surface area contributed by atoms with Crippen LogP contribution in [0.4, 0.5) is 5.82 Å². The number of nitrogens with zero attached hydrogens (tertiary/aromatic N) is 2. The van der Waals surface area contributed by atoms with Crippen molar-refractivity contribution in [2.24, 2.45) is 5.92 Å². The molecule has 0 amide bonds. The molecule has 0 bridgehead atoms. The van der Waals surface area contributed by atoms with E-state index >= 15 is 0 Å². The standard InChI is InChI=1S/C17H22IN3/c1-5-12-6-8-13(9-7-12)16-20-14(10-11(2)3)15(18)17(19-4)21-16/h6-9,11H,5,10H2,1-4H3,(H,19,20,21). The molecule has 1 aromatic carbocycles. The van der Waals surface area contributed by atoms with Crippen LogP contribution in [0.15, 0.2) is 24.3 Å². The van der Waals surface area contributed by atoms with E-state index in [-0.39, 0.29) is 0 Å². The number of hydrogen-bond donors (Lipinski definition) is 1. The zero-order chi connectivity index (χ0) is 15.4. The highest BCUT2D eigenvalue weighted by Gasteiger charge is 2.13. The van der Waals surface area contributed by atoms with Crippen molar-refractivity contribution < 1.29 is 0 Å². The predicted molar refractivity (Wildman–Crippen MR) is 97.7 cm³/mol. The lowest BCUT2D eigenvalue weighted by Crippen LogP contribution is -2.07. The molecular weight excluding hydrogens is 373 g/mol. The summed E-state index contributed by atoms with van der Waals surface area (Å²) >= 11 is 2.33. The molecule has 0 unspecified atom stereocenters. The fourth-order valence-corrected chi connectivity index (χ4v) is 2.93. The third-order valence-corrected chi connectivity index (χ3v) is 4.51. The maximum atomic E-state index is 4.79. The minimum atomic E-state index is 0.577. The molecule has 3 nitrogen and oxygen atoms in total. The summed E-state index contributed by atoms with van der Waals surface area (Å²) in [5, 5.41) is 3.18. The second kappa shape index (κ2) is 7.20. The van der Waals surface area contributed by atoms with Gasteiger partial charge in [0.05, 0.1) is 9.26 Å². The molecule has 4 heteroatoms. The van der Waals surface area contributed by atoms with E-state index in [4.69, 9.17) is 4.98 Å². The van der Waals surface area contributed by atoms with E-state index in [1.54, 1.807) is 0 Å². The number of anilines is 1. The molecule has 1 heterocycles. The van der Waals surface area contributed by atoms with Gasteiger partial charge >= 0.3 is 0 Å². The molecule has 2 aromatic rings. The van der Waals surface area contributed by atoms with Gasteiger partial charge in [0.1, 0.15) is 5.82 Å². The van der Waals surface area contributed by atoms with Crippen LogP contribution >= 0.6 is 22.6 Å². The van der Waals surface area contributed by atoms with Crippen molar-refractivity contribution in [3.05, 3.63) is 39.1 Å². The van der Waals surface area contributed by atoms with E-state index in [1.165, 1.54) is 5.56 Å². The largest absolute Gasteiger partial charge is 0.372 e. The van der Waals surface area contributed by atoms with Crippen LogP contribution in [0.1, 0.15) is 32.0 Å². The molecule has 2 rings (SSSR count). The SMILES string of the molecule is CCc1ccc(-c2nc(CC(C)C)c(I)c(NC)n2)cc1. The van der Waals surface area contributed by atoms with Gasteiger partial charge < -0.3 is 5.32 Å². The van der Waals surface area contributed by atoms with Crippen LogP contribution in [0.3, 0.4) is 0 Å². The summed E-state index contributed by atoms with van der Waals surface area (Å²) in [5.41, 5.74) is 3.53. The number of aromatic nitrogens is 2. The Morgan fingerprint density at radius 2 is 1.81 bits per heavy atom.